The molecular formula is C8H9N3O. The third kappa shape index (κ3) is 1.01. The second-order valence-corrected chi connectivity index (χ2v) is 2.59. The quantitative estimate of drug-likeness (QED) is 0.629. The van der Waals surface area contributed by atoms with Gasteiger partial charge in [-0.2, -0.15) is 5.10 Å². The molecule has 62 valence electrons. The number of rotatable bonds is 1. The third-order valence-corrected chi connectivity index (χ3v) is 1.69. The van der Waals surface area contributed by atoms with Crippen LogP contribution in [0.5, 0.6) is 5.88 Å². The number of nitrogens with zero attached hydrogens (tertiary/aromatic N) is 3. The summed E-state index contributed by atoms with van der Waals surface area (Å²) in [7, 11) is 3.48. The maximum atomic E-state index is 4.98. The Morgan fingerprint density at radius 1 is 1.50 bits per heavy atom. The molecule has 0 aromatic carbocycles. The number of pyridine rings is 1. The molecule has 0 amide bonds. The van der Waals surface area contributed by atoms with Gasteiger partial charge in [0.1, 0.15) is 5.52 Å². The summed E-state index contributed by atoms with van der Waals surface area (Å²) < 4.78 is 6.74. The van der Waals surface area contributed by atoms with Crippen molar-refractivity contribution in [2.24, 2.45) is 7.05 Å². The predicted octanol–water partition coefficient (Wildman–Crippen LogP) is 0.977. The van der Waals surface area contributed by atoms with E-state index in [0.29, 0.717) is 5.88 Å². The van der Waals surface area contributed by atoms with Crippen molar-refractivity contribution in [2.75, 3.05) is 7.11 Å². The molecule has 4 nitrogen and oxygen atoms in total. The van der Waals surface area contributed by atoms with E-state index in [1.807, 2.05) is 19.3 Å². The van der Waals surface area contributed by atoms with Crippen LogP contribution in [0, 0.1) is 0 Å². The normalized spacial score (nSPS) is 10.5. The van der Waals surface area contributed by atoms with Crippen molar-refractivity contribution >= 4 is 10.9 Å². The second-order valence-electron chi connectivity index (χ2n) is 2.59. The van der Waals surface area contributed by atoms with Crippen molar-refractivity contribution in [2.45, 2.75) is 0 Å². The van der Waals surface area contributed by atoms with Crippen molar-refractivity contribution in [3.8, 4) is 5.88 Å². The molecule has 2 heterocycles. The first-order valence-electron chi connectivity index (χ1n) is 3.63. The van der Waals surface area contributed by atoms with Crippen LogP contribution in [0.2, 0.25) is 0 Å². The van der Waals surface area contributed by atoms with Crippen molar-refractivity contribution < 1.29 is 4.74 Å². The minimum Gasteiger partial charge on any atom is -0.481 e. The van der Waals surface area contributed by atoms with E-state index in [4.69, 9.17) is 4.74 Å². The number of ether oxygens (including phenoxy) is 1. The number of aromatic nitrogens is 3. The summed E-state index contributed by atoms with van der Waals surface area (Å²) in [5.41, 5.74) is 0.887. The van der Waals surface area contributed by atoms with E-state index >= 15 is 0 Å². The zero-order valence-electron chi connectivity index (χ0n) is 6.98. The molecule has 0 spiro atoms. The van der Waals surface area contributed by atoms with Crippen LogP contribution >= 0.6 is 0 Å². The molecule has 2 aromatic heterocycles. The van der Waals surface area contributed by atoms with Gasteiger partial charge in [-0.1, -0.05) is 0 Å². The fourth-order valence-corrected chi connectivity index (χ4v) is 1.14. The smallest absolute Gasteiger partial charge is 0.213 e. The first-order valence-corrected chi connectivity index (χ1v) is 3.63. The van der Waals surface area contributed by atoms with Gasteiger partial charge in [-0.3, -0.25) is 4.68 Å². The summed E-state index contributed by atoms with van der Waals surface area (Å²) in [6, 6.07) is 1.86. The molecule has 0 aliphatic rings. The molecule has 2 aromatic rings. The topological polar surface area (TPSA) is 39.9 Å². The maximum absolute atomic E-state index is 4.98. The zero-order chi connectivity index (χ0) is 8.55. The highest BCUT2D eigenvalue weighted by Crippen LogP contribution is 2.15. The number of fused-ring (bicyclic) bond motifs is 1. The third-order valence-electron chi connectivity index (χ3n) is 1.69. The Balaban J connectivity index is 2.66. The van der Waals surface area contributed by atoms with Gasteiger partial charge in [0.15, 0.2) is 0 Å². The highest BCUT2D eigenvalue weighted by atomic mass is 16.5. The predicted molar refractivity (Wildman–Crippen MR) is 45.1 cm³/mol. The lowest BCUT2D eigenvalue weighted by Gasteiger charge is -1.95. The van der Waals surface area contributed by atoms with Gasteiger partial charge in [-0.05, 0) is 0 Å². The van der Waals surface area contributed by atoms with Crippen molar-refractivity contribution in [1.82, 2.24) is 14.8 Å². The molecule has 0 radical (unpaired) electrons. The Bertz CT molecular complexity index is 408. The van der Waals surface area contributed by atoms with E-state index in [9.17, 15) is 0 Å². The standard InChI is InChI=1S/C8H9N3O/c1-11-5-6-3-8(12-2)9-4-7(6)10-11/h3-5H,1-2H3. The Morgan fingerprint density at radius 3 is 3.08 bits per heavy atom. The Morgan fingerprint density at radius 2 is 2.33 bits per heavy atom. The second kappa shape index (κ2) is 2.48. The van der Waals surface area contributed by atoms with Gasteiger partial charge >= 0.3 is 0 Å². The summed E-state index contributed by atoms with van der Waals surface area (Å²) in [5.74, 6) is 0.621. The van der Waals surface area contributed by atoms with Gasteiger partial charge in [0, 0.05) is 24.7 Å². The Kier molecular flexibility index (Phi) is 1.46. The lowest BCUT2D eigenvalue weighted by Crippen LogP contribution is -1.86. The van der Waals surface area contributed by atoms with E-state index < -0.39 is 0 Å². The summed E-state index contributed by atoms with van der Waals surface area (Å²) in [6.45, 7) is 0. The highest BCUT2D eigenvalue weighted by molar-refractivity contribution is 5.77. The fourth-order valence-electron chi connectivity index (χ4n) is 1.14. The summed E-state index contributed by atoms with van der Waals surface area (Å²) in [4.78, 5) is 4.04. The minimum atomic E-state index is 0.621. The molecule has 0 unspecified atom stereocenters. The van der Waals surface area contributed by atoms with Crippen molar-refractivity contribution in [3.63, 3.8) is 0 Å². The van der Waals surface area contributed by atoms with Crippen LogP contribution in [-0.2, 0) is 7.05 Å². The van der Waals surface area contributed by atoms with Crippen molar-refractivity contribution in [1.29, 1.82) is 0 Å². The molecule has 4 heteroatoms. The molecule has 0 saturated heterocycles. The van der Waals surface area contributed by atoms with Crippen LogP contribution in [0.1, 0.15) is 0 Å². The van der Waals surface area contributed by atoms with E-state index in [1.165, 1.54) is 0 Å². The van der Waals surface area contributed by atoms with E-state index in [2.05, 4.69) is 10.1 Å². The number of methoxy groups -OCH3 is 1. The summed E-state index contributed by atoms with van der Waals surface area (Å²) >= 11 is 0. The molecule has 0 aliphatic carbocycles. The maximum Gasteiger partial charge on any atom is 0.213 e. The molecule has 0 bridgehead atoms. The van der Waals surface area contributed by atoms with Gasteiger partial charge in [0.2, 0.25) is 5.88 Å². The van der Waals surface area contributed by atoms with Crippen LogP contribution in [0.25, 0.3) is 10.9 Å². The van der Waals surface area contributed by atoms with Crippen LogP contribution in [-0.4, -0.2) is 21.9 Å². The molecule has 0 aliphatic heterocycles. The molecular weight excluding hydrogens is 154 g/mol. The lowest BCUT2D eigenvalue weighted by atomic mass is 10.3. The van der Waals surface area contributed by atoms with Crippen LogP contribution in [0.3, 0.4) is 0 Å². The van der Waals surface area contributed by atoms with Crippen LogP contribution < -0.4 is 4.74 Å². The van der Waals surface area contributed by atoms with E-state index in [1.54, 1.807) is 18.0 Å². The molecule has 12 heavy (non-hydrogen) atoms. The summed E-state index contributed by atoms with van der Waals surface area (Å²) in [6.07, 6.45) is 3.63. The monoisotopic (exact) mass is 163 g/mol. The van der Waals surface area contributed by atoms with Gasteiger partial charge in [-0.15, -0.1) is 0 Å². The van der Waals surface area contributed by atoms with E-state index in [-0.39, 0.29) is 0 Å². The van der Waals surface area contributed by atoms with Crippen molar-refractivity contribution in [3.05, 3.63) is 18.5 Å². The average molecular weight is 163 g/mol. The number of aryl methyl sites for hydroxylation is 1. The summed E-state index contributed by atoms with van der Waals surface area (Å²) in [5, 5.41) is 5.23. The van der Waals surface area contributed by atoms with E-state index in [0.717, 1.165) is 10.9 Å². The number of hydrogen-bond acceptors (Lipinski definition) is 3. The molecule has 0 N–H and O–H groups in total. The van der Waals surface area contributed by atoms with Gasteiger partial charge < -0.3 is 4.74 Å². The number of hydrogen-bond donors (Lipinski definition) is 0. The molecule has 0 fully saturated rings. The van der Waals surface area contributed by atoms with Crippen LogP contribution in [0.4, 0.5) is 0 Å². The SMILES string of the molecule is COc1cc2cn(C)nc2cn1. The first kappa shape index (κ1) is 7.09. The average Bonchev–Trinajstić information content (AvgIpc) is 2.43. The molecule has 0 saturated carbocycles. The largest absolute Gasteiger partial charge is 0.481 e. The Hall–Kier alpha value is -1.58. The molecule has 0 atom stereocenters. The van der Waals surface area contributed by atoms with Gasteiger partial charge in [0.25, 0.3) is 0 Å². The van der Waals surface area contributed by atoms with Gasteiger partial charge in [-0.25, -0.2) is 4.98 Å². The highest BCUT2D eigenvalue weighted by Gasteiger charge is 1.99. The van der Waals surface area contributed by atoms with Crippen LogP contribution in [0.15, 0.2) is 18.5 Å². The molecule has 2 rings (SSSR count). The fraction of sp³-hybridized carbons (Fsp3) is 0.250. The zero-order valence-corrected chi connectivity index (χ0v) is 6.98. The minimum absolute atomic E-state index is 0.621. The van der Waals surface area contributed by atoms with Gasteiger partial charge in [0.05, 0.1) is 13.3 Å². The Labute approximate surface area is 69.8 Å². The first-order chi connectivity index (χ1) is 5.79. The lowest BCUT2D eigenvalue weighted by molar-refractivity contribution is 0.399.